The third kappa shape index (κ3) is 2.09. The van der Waals surface area contributed by atoms with E-state index in [1.807, 2.05) is 0 Å². The molecular weight excluding hydrogens is 213 g/mol. The SMILES string of the molecule is O=C1CC(O)(S(=O)(=O)O)C(=O)N1.[NaH]. The van der Waals surface area contributed by atoms with Crippen LogP contribution >= 0.6 is 0 Å². The van der Waals surface area contributed by atoms with Crippen LogP contribution in [0.25, 0.3) is 0 Å². The normalized spacial score (nSPS) is 28.2. The number of carbonyl (C=O) groups excluding carboxylic acids is 2. The Morgan fingerprint density at radius 1 is 1.38 bits per heavy atom. The number of rotatable bonds is 1. The van der Waals surface area contributed by atoms with E-state index in [1.165, 1.54) is 0 Å². The maximum atomic E-state index is 10.6. The van der Waals surface area contributed by atoms with Gasteiger partial charge in [0, 0.05) is 0 Å². The summed E-state index contributed by atoms with van der Waals surface area (Å²) in [6.45, 7) is 0. The fourth-order valence-corrected chi connectivity index (χ4v) is 1.37. The Morgan fingerprint density at radius 3 is 2.00 bits per heavy atom. The Morgan fingerprint density at radius 2 is 1.85 bits per heavy atom. The second-order valence-electron chi connectivity index (χ2n) is 2.31. The van der Waals surface area contributed by atoms with Crippen molar-refractivity contribution < 1.29 is 27.7 Å². The molecular formula is C4H6NNaO6S. The zero-order valence-corrected chi connectivity index (χ0v) is 6.46. The van der Waals surface area contributed by atoms with E-state index in [9.17, 15) is 18.0 Å². The molecule has 13 heavy (non-hydrogen) atoms. The third-order valence-electron chi connectivity index (χ3n) is 1.43. The number of hydrogen-bond donors (Lipinski definition) is 3. The van der Waals surface area contributed by atoms with Crippen LogP contribution in [0.2, 0.25) is 0 Å². The minimum absolute atomic E-state index is 0. The molecule has 0 aromatic carbocycles. The Kier molecular flexibility index (Phi) is 3.64. The molecule has 1 heterocycles. The van der Waals surface area contributed by atoms with Crippen molar-refractivity contribution in [2.75, 3.05) is 0 Å². The monoisotopic (exact) mass is 219 g/mol. The van der Waals surface area contributed by atoms with Gasteiger partial charge in [-0.15, -0.1) is 0 Å². The molecule has 1 rings (SSSR count). The topological polar surface area (TPSA) is 121 Å². The summed E-state index contributed by atoms with van der Waals surface area (Å²) in [5, 5.41) is 10.5. The van der Waals surface area contributed by atoms with Gasteiger partial charge in [-0.25, -0.2) is 0 Å². The Bertz CT molecular complexity index is 350. The summed E-state index contributed by atoms with van der Waals surface area (Å²) in [5.74, 6) is -2.37. The van der Waals surface area contributed by atoms with Crippen molar-refractivity contribution in [1.82, 2.24) is 5.32 Å². The summed E-state index contributed by atoms with van der Waals surface area (Å²) < 4.78 is 29.2. The first-order chi connectivity index (χ1) is 5.27. The van der Waals surface area contributed by atoms with Crippen molar-refractivity contribution in [2.24, 2.45) is 0 Å². The molecule has 70 valence electrons. The molecule has 0 aromatic rings. The molecule has 1 fully saturated rings. The molecule has 9 heteroatoms. The van der Waals surface area contributed by atoms with Gasteiger partial charge in [-0.05, 0) is 0 Å². The standard InChI is InChI=1S/C4H5NO6S.Na.H/c6-2-1-4(8,3(7)5-2)12(9,10)11;;/h8H,1H2,(H,5,6,7)(H,9,10,11);;. The molecule has 1 aliphatic heterocycles. The summed E-state index contributed by atoms with van der Waals surface area (Å²) in [6, 6.07) is 0. The van der Waals surface area contributed by atoms with Gasteiger partial charge < -0.3 is 5.11 Å². The molecule has 0 saturated carbocycles. The zero-order valence-electron chi connectivity index (χ0n) is 5.64. The van der Waals surface area contributed by atoms with Crippen LogP contribution in [-0.4, -0.2) is 64.4 Å². The van der Waals surface area contributed by atoms with Crippen LogP contribution in [0.5, 0.6) is 0 Å². The molecule has 0 bridgehead atoms. The van der Waals surface area contributed by atoms with Crippen molar-refractivity contribution >= 4 is 51.5 Å². The number of aliphatic hydroxyl groups is 1. The fourth-order valence-electron chi connectivity index (χ4n) is 0.775. The van der Waals surface area contributed by atoms with Gasteiger partial charge in [-0.1, -0.05) is 0 Å². The minimum atomic E-state index is -4.96. The summed E-state index contributed by atoms with van der Waals surface area (Å²) in [6.07, 6.45) is -0.968. The summed E-state index contributed by atoms with van der Waals surface area (Å²) in [5.41, 5.74) is 0. The molecule has 3 N–H and O–H groups in total. The van der Waals surface area contributed by atoms with Crippen molar-refractivity contribution in [3.63, 3.8) is 0 Å². The molecule has 1 saturated heterocycles. The van der Waals surface area contributed by atoms with E-state index in [1.54, 1.807) is 5.32 Å². The van der Waals surface area contributed by atoms with E-state index in [2.05, 4.69) is 0 Å². The number of amides is 2. The summed E-state index contributed by atoms with van der Waals surface area (Å²) in [4.78, 5) is 18.1. The van der Waals surface area contributed by atoms with Crippen molar-refractivity contribution in [1.29, 1.82) is 0 Å². The summed E-state index contributed by atoms with van der Waals surface area (Å²) >= 11 is 0. The van der Waals surface area contributed by atoms with Crippen LogP contribution in [0.1, 0.15) is 6.42 Å². The predicted octanol–water partition coefficient (Wildman–Crippen LogP) is -3.04. The number of imide groups is 1. The molecule has 0 spiro atoms. The van der Waals surface area contributed by atoms with Gasteiger partial charge >= 0.3 is 39.7 Å². The van der Waals surface area contributed by atoms with Crippen LogP contribution < -0.4 is 5.32 Å². The Hall–Kier alpha value is 0.0100. The van der Waals surface area contributed by atoms with Crippen molar-refractivity contribution in [3.05, 3.63) is 0 Å². The molecule has 0 radical (unpaired) electrons. The molecule has 0 aliphatic carbocycles. The van der Waals surface area contributed by atoms with E-state index in [4.69, 9.17) is 9.66 Å². The first-order valence-corrected chi connectivity index (χ1v) is 4.25. The first-order valence-electron chi connectivity index (χ1n) is 2.81. The molecule has 7 nitrogen and oxygen atoms in total. The second kappa shape index (κ2) is 3.64. The Balaban J connectivity index is 0.00000144. The Labute approximate surface area is 95.5 Å². The van der Waals surface area contributed by atoms with E-state index in [0.29, 0.717) is 0 Å². The van der Waals surface area contributed by atoms with Crippen molar-refractivity contribution in [3.8, 4) is 0 Å². The molecule has 1 unspecified atom stereocenters. The van der Waals surface area contributed by atoms with Gasteiger partial charge in [0.15, 0.2) is 0 Å². The van der Waals surface area contributed by atoms with E-state index >= 15 is 0 Å². The fraction of sp³-hybridized carbons (Fsp3) is 0.500. The average Bonchev–Trinajstić information content (AvgIpc) is 2.06. The molecule has 0 aromatic heterocycles. The van der Waals surface area contributed by atoms with Gasteiger partial charge in [-0.2, -0.15) is 8.42 Å². The summed E-state index contributed by atoms with van der Waals surface area (Å²) in [7, 11) is -4.96. The van der Waals surface area contributed by atoms with E-state index in [-0.39, 0.29) is 29.6 Å². The van der Waals surface area contributed by atoms with Crippen LogP contribution in [0.4, 0.5) is 0 Å². The quantitative estimate of drug-likeness (QED) is 0.245. The van der Waals surface area contributed by atoms with Gasteiger partial charge in [-0.3, -0.25) is 19.5 Å². The third-order valence-corrected chi connectivity index (χ3v) is 2.62. The zero-order chi connectivity index (χ0) is 9.57. The van der Waals surface area contributed by atoms with Crippen LogP contribution in [0.3, 0.4) is 0 Å². The number of hydrogen-bond acceptors (Lipinski definition) is 5. The maximum absolute atomic E-state index is 10.6. The van der Waals surface area contributed by atoms with Crippen molar-refractivity contribution in [2.45, 2.75) is 11.4 Å². The van der Waals surface area contributed by atoms with Gasteiger partial charge in [0.2, 0.25) is 5.91 Å². The van der Waals surface area contributed by atoms with Gasteiger partial charge in [0.1, 0.15) is 0 Å². The van der Waals surface area contributed by atoms with E-state index < -0.39 is 33.3 Å². The van der Waals surface area contributed by atoms with Gasteiger partial charge in [0.25, 0.3) is 10.8 Å². The second-order valence-corrected chi connectivity index (χ2v) is 3.94. The average molecular weight is 219 g/mol. The number of carbonyl (C=O) groups is 2. The molecule has 1 atom stereocenters. The molecule has 2 amide bonds. The first kappa shape index (κ1) is 13.0. The van der Waals surface area contributed by atoms with Crippen LogP contribution in [0.15, 0.2) is 0 Å². The van der Waals surface area contributed by atoms with Gasteiger partial charge in [0.05, 0.1) is 6.42 Å². The van der Waals surface area contributed by atoms with Crippen LogP contribution in [0, 0.1) is 0 Å². The predicted molar refractivity (Wildman–Crippen MR) is 41.4 cm³/mol. The van der Waals surface area contributed by atoms with E-state index in [0.717, 1.165) is 0 Å². The number of nitrogens with one attached hydrogen (secondary N) is 1. The van der Waals surface area contributed by atoms with Crippen LogP contribution in [-0.2, 0) is 19.7 Å². The molecule has 1 aliphatic rings.